The molecule has 4 rings (SSSR count). The zero-order chi connectivity index (χ0) is 13.6. The zero-order valence-corrected chi connectivity index (χ0v) is 12.4. The molecule has 1 aliphatic heterocycles. The predicted octanol–water partition coefficient (Wildman–Crippen LogP) is 3.56. The van der Waals surface area contributed by atoms with E-state index in [-0.39, 0.29) is 0 Å². The number of hydrogen-bond acceptors (Lipinski definition) is 2. The van der Waals surface area contributed by atoms with Crippen molar-refractivity contribution in [3.05, 3.63) is 29.8 Å². The van der Waals surface area contributed by atoms with Crippen LogP contribution in [-0.4, -0.2) is 24.0 Å². The molecule has 0 spiro atoms. The molecule has 2 nitrogen and oxygen atoms in total. The van der Waals surface area contributed by atoms with Gasteiger partial charge in [0.1, 0.15) is 0 Å². The molecule has 2 unspecified atom stereocenters. The van der Waals surface area contributed by atoms with E-state index in [4.69, 9.17) is 5.73 Å². The first kappa shape index (κ1) is 12.7. The van der Waals surface area contributed by atoms with Crippen LogP contribution in [0.1, 0.15) is 50.5 Å². The Hall–Kier alpha value is -1.02. The molecule has 3 aliphatic rings. The number of hydrogen-bond donors (Lipinski definition) is 1. The van der Waals surface area contributed by atoms with E-state index in [2.05, 4.69) is 23.1 Å². The topological polar surface area (TPSA) is 29.3 Å². The molecule has 1 aromatic rings. The molecule has 0 aromatic heterocycles. The van der Waals surface area contributed by atoms with Gasteiger partial charge in [0.2, 0.25) is 0 Å². The fourth-order valence-corrected chi connectivity index (χ4v) is 4.56. The Balaban J connectivity index is 1.57. The largest absolute Gasteiger partial charge is 0.399 e. The summed E-state index contributed by atoms with van der Waals surface area (Å²) in [6, 6.07) is 9.54. The number of fused-ring (bicyclic) bond motifs is 2. The molecule has 2 heteroatoms. The highest BCUT2D eigenvalue weighted by Crippen LogP contribution is 2.48. The molecule has 0 radical (unpaired) electrons. The van der Waals surface area contributed by atoms with Crippen molar-refractivity contribution in [3.8, 4) is 0 Å². The smallest absolute Gasteiger partial charge is 0.0316 e. The molecule has 1 saturated heterocycles. The number of likely N-dealkylation sites (tertiary alicyclic amines) is 1. The van der Waals surface area contributed by atoms with Crippen LogP contribution in [0.5, 0.6) is 0 Å². The zero-order valence-electron chi connectivity index (χ0n) is 12.4. The lowest BCUT2D eigenvalue weighted by Gasteiger charge is -2.51. The second-order valence-corrected chi connectivity index (χ2v) is 7.34. The number of benzene rings is 1. The lowest BCUT2D eigenvalue weighted by Crippen LogP contribution is -2.52. The Morgan fingerprint density at radius 3 is 2.90 bits per heavy atom. The summed E-state index contributed by atoms with van der Waals surface area (Å²) in [6.07, 6.45) is 9.82. The molecule has 2 bridgehead atoms. The standard InChI is InChI=1S/C18H26N2/c19-16-4-1-3-15(11-16)18-8-2-5-17(12-18)20(10-9-18)13-14-6-7-14/h1,3-4,11,14,17H,2,5-10,12-13,19H2. The average molecular weight is 270 g/mol. The van der Waals surface area contributed by atoms with Gasteiger partial charge in [-0.05, 0) is 74.1 Å². The lowest BCUT2D eigenvalue weighted by atomic mass is 9.63. The highest BCUT2D eigenvalue weighted by Gasteiger charge is 2.44. The quantitative estimate of drug-likeness (QED) is 0.851. The van der Waals surface area contributed by atoms with Gasteiger partial charge in [-0.2, -0.15) is 0 Å². The van der Waals surface area contributed by atoms with Crippen LogP contribution in [0.3, 0.4) is 0 Å². The first-order valence-electron chi connectivity index (χ1n) is 8.35. The van der Waals surface area contributed by atoms with Crippen LogP contribution in [0.2, 0.25) is 0 Å². The van der Waals surface area contributed by atoms with Crippen molar-refractivity contribution in [2.45, 2.75) is 56.4 Å². The highest BCUT2D eigenvalue weighted by molar-refractivity contribution is 5.44. The van der Waals surface area contributed by atoms with Gasteiger partial charge in [0.25, 0.3) is 0 Å². The molecule has 3 fully saturated rings. The van der Waals surface area contributed by atoms with E-state index in [0.29, 0.717) is 5.41 Å². The highest BCUT2D eigenvalue weighted by atomic mass is 15.2. The number of piperidine rings is 1. The second kappa shape index (κ2) is 4.77. The van der Waals surface area contributed by atoms with E-state index in [0.717, 1.165) is 17.6 Å². The molecule has 1 heterocycles. The Morgan fingerprint density at radius 1 is 1.20 bits per heavy atom. The van der Waals surface area contributed by atoms with Gasteiger partial charge in [-0.25, -0.2) is 0 Å². The summed E-state index contributed by atoms with van der Waals surface area (Å²) in [5, 5.41) is 0. The maximum atomic E-state index is 6.02. The van der Waals surface area contributed by atoms with Gasteiger partial charge in [-0.3, -0.25) is 0 Å². The fraction of sp³-hybridized carbons (Fsp3) is 0.667. The van der Waals surface area contributed by atoms with Crippen LogP contribution in [0.25, 0.3) is 0 Å². The third-order valence-corrected chi connectivity index (χ3v) is 5.90. The molecule has 2 atom stereocenters. The summed E-state index contributed by atoms with van der Waals surface area (Å²) in [4.78, 5) is 2.81. The Bertz CT molecular complexity index is 494. The summed E-state index contributed by atoms with van der Waals surface area (Å²) in [5.74, 6) is 1.02. The van der Waals surface area contributed by atoms with Crippen molar-refractivity contribution in [2.75, 3.05) is 18.8 Å². The monoisotopic (exact) mass is 270 g/mol. The SMILES string of the molecule is Nc1cccc(C23CCCC(C2)N(CC2CC2)CC3)c1. The van der Waals surface area contributed by atoms with Crippen molar-refractivity contribution in [3.63, 3.8) is 0 Å². The van der Waals surface area contributed by atoms with E-state index in [1.165, 1.54) is 63.6 Å². The minimum Gasteiger partial charge on any atom is -0.399 e. The van der Waals surface area contributed by atoms with E-state index in [9.17, 15) is 0 Å². The minimum atomic E-state index is 0.429. The van der Waals surface area contributed by atoms with Crippen molar-refractivity contribution in [1.29, 1.82) is 0 Å². The first-order chi connectivity index (χ1) is 9.75. The molecule has 1 aromatic carbocycles. The van der Waals surface area contributed by atoms with Crippen LogP contribution in [0.4, 0.5) is 5.69 Å². The predicted molar refractivity (Wildman–Crippen MR) is 83.7 cm³/mol. The Kier molecular flexibility index (Phi) is 3.03. The molecule has 2 N–H and O–H groups in total. The summed E-state index contributed by atoms with van der Waals surface area (Å²) in [7, 11) is 0. The molecule has 0 amide bonds. The molecular weight excluding hydrogens is 244 g/mol. The van der Waals surface area contributed by atoms with E-state index < -0.39 is 0 Å². The Morgan fingerprint density at radius 2 is 2.10 bits per heavy atom. The van der Waals surface area contributed by atoms with Crippen molar-refractivity contribution >= 4 is 5.69 Å². The maximum absolute atomic E-state index is 6.02. The summed E-state index contributed by atoms with van der Waals surface area (Å²) in [6.45, 7) is 2.67. The van der Waals surface area contributed by atoms with Crippen molar-refractivity contribution < 1.29 is 0 Å². The van der Waals surface area contributed by atoms with Gasteiger partial charge in [-0.1, -0.05) is 18.6 Å². The number of anilines is 1. The molecule has 2 saturated carbocycles. The van der Waals surface area contributed by atoms with E-state index in [1.807, 2.05) is 6.07 Å². The van der Waals surface area contributed by atoms with Gasteiger partial charge in [0.05, 0.1) is 0 Å². The molecular formula is C18H26N2. The van der Waals surface area contributed by atoms with Crippen LogP contribution < -0.4 is 5.73 Å². The van der Waals surface area contributed by atoms with Crippen LogP contribution >= 0.6 is 0 Å². The fourth-order valence-electron chi connectivity index (χ4n) is 4.56. The third kappa shape index (κ3) is 2.24. The molecule has 20 heavy (non-hydrogen) atoms. The minimum absolute atomic E-state index is 0.429. The maximum Gasteiger partial charge on any atom is 0.0316 e. The van der Waals surface area contributed by atoms with Crippen molar-refractivity contribution in [1.82, 2.24) is 4.90 Å². The van der Waals surface area contributed by atoms with Gasteiger partial charge in [0.15, 0.2) is 0 Å². The lowest BCUT2D eigenvalue weighted by molar-refractivity contribution is 0.0483. The first-order valence-corrected chi connectivity index (χ1v) is 8.35. The summed E-state index contributed by atoms with van der Waals surface area (Å²) >= 11 is 0. The number of nitrogens with zero attached hydrogens (tertiary/aromatic N) is 1. The normalized spacial score (nSPS) is 34.1. The summed E-state index contributed by atoms with van der Waals surface area (Å²) in [5.41, 5.74) is 8.89. The molecule has 108 valence electrons. The number of nitrogens with two attached hydrogens (primary N) is 1. The average Bonchev–Trinajstić information content (AvgIpc) is 3.27. The third-order valence-electron chi connectivity index (χ3n) is 5.90. The number of nitrogen functional groups attached to an aromatic ring is 1. The van der Waals surface area contributed by atoms with Crippen LogP contribution in [0.15, 0.2) is 24.3 Å². The van der Waals surface area contributed by atoms with Gasteiger partial charge < -0.3 is 10.6 Å². The van der Waals surface area contributed by atoms with E-state index >= 15 is 0 Å². The van der Waals surface area contributed by atoms with Gasteiger partial charge >= 0.3 is 0 Å². The van der Waals surface area contributed by atoms with Crippen LogP contribution in [0, 0.1) is 5.92 Å². The second-order valence-electron chi connectivity index (χ2n) is 7.34. The van der Waals surface area contributed by atoms with Gasteiger partial charge in [0, 0.05) is 18.3 Å². The van der Waals surface area contributed by atoms with Crippen LogP contribution in [-0.2, 0) is 5.41 Å². The van der Waals surface area contributed by atoms with E-state index in [1.54, 1.807) is 0 Å². The van der Waals surface area contributed by atoms with Gasteiger partial charge in [-0.15, -0.1) is 0 Å². The van der Waals surface area contributed by atoms with Crippen molar-refractivity contribution in [2.24, 2.45) is 5.92 Å². The number of rotatable bonds is 3. The molecule has 2 aliphatic carbocycles. The Labute approximate surface area is 122 Å². The summed E-state index contributed by atoms with van der Waals surface area (Å²) < 4.78 is 0.